The highest BCUT2D eigenvalue weighted by Gasteiger charge is 2.10. The molecule has 0 aliphatic carbocycles. The van der Waals surface area contributed by atoms with E-state index in [1.807, 2.05) is 54.6 Å². The Morgan fingerprint density at radius 3 is 2.31 bits per heavy atom. The molecule has 0 bridgehead atoms. The van der Waals surface area contributed by atoms with Crippen LogP contribution in [0.5, 0.6) is 11.5 Å². The third kappa shape index (κ3) is 3.73. The molecule has 0 atom stereocenters. The molecule has 1 aromatic heterocycles. The molecule has 0 aliphatic rings. The predicted molar refractivity (Wildman–Crippen MR) is 102 cm³/mol. The monoisotopic (exact) mass is 361 g/mol. The van der Waals surface area contributed by atoms with Gasteiger partial charge in [-0.1, -0.05) is 30.3 Å². The lowest BCUT2D eigenvalue weighted by atomic mass is 10.2. The Morgan fingerprint density at radius 2 is 1.54 bits per heavy atom. The van der Waals surface area contributed by atoms with Crippen molar-refractivity contribution in [3.63, 3.8) is 0 Å². The molecule has 0 fully saturated rings. The van der Waals surface area contributed by atoms with Gasteiger partial charge < -0.3 is 9.47 Å². The van der Waals surface area contributed by atoms with Crippen LogP contribution in [0.15, 0.2) is 78.9 Å². The molecule has 0 radical (unpaired) electrons. The van der Waals surface area contributed by atoms with Crippen molar-refractivity contribution in [2.45, 2.75) is 6.61 Å². The van der Waals surface area contributed by atoms with E-state index in [0.29, 0.717) is 11.3 Å². The minimum atomic E-state index is -0.379. The second-order valence-electron chi connectivity index (χ2n) is 5.59. The van der Waals surface area contributed by atoms with Gasteiger partial charge in [-0.15, -0.1) is 11.3 Å². The van der Waals surface area contributed by atoms with Gasteiger partial charge >= 0.3 is 5.97 Å². The van der Waals surface area contributed by atoms with Gasteiger partial charge in [-0.3, -0.25) is 0 Å². The van der Waals surface area contributed by atoms with Crippen LogP contribution in [0.1, 0.15) is 15.4 Å². The van der Waals surface area contributed by atoms with Crippen LogP contribution in [-0.4, -0.2) is 11.0 Å². The summed E-state index contributed by atoms with van der Waals surface area (Å²) < 4.78 is 12.2. The number of esters is 1. The van der Waals surface area contributed by atoms with Crippen molar-refractivity contribution < 1.29 is 14.3 Å². The average molecular weight is 361 g/mol. The average Bonchev–Trinajstić information content (AvgIpc) is 3.10. The van der Waals surface area contributed by atoms with Crippen molar-refractivity contribution in [2.75, 3.05) is 0 Å². The number of carbonyl (C=O) groups excluding carboxylic acids is 1. The van der Waals surface area contributed by atoms with Crippen LogP contribution >= 0.6 is 11.3 Å². The SMILES string of the molecule is O=C(OCc1nc2ccccc2s1)c1ccc(Oc2ccccc2)cc1. The second kappa shape index (κ2) is 7.37. The molecule has 1 heterocycles. The number of aromatic nitrogens is 1. The van der Waals surface area contributed by atoms with E-state index in [0.717, 1.165) is 21.0 Å². The molecule has 3 aromatic carbocycles. The zero-order chi connectivity index (χ0) is 17.8. The zero-order valence-electron chi connectivity index (χ0n) is 13.8. The topological polar surface area (TPSA) is 48.4 Å². The summed E-state index contributed by atoms with van der Waals surface area (Å²) in [7, 11) is 0. The molecule has 0 saturated carbocycles. The molecule has 0 N–H and O–H groups in total. The maximum absolute atomic E-state index is 12.2. The predicted octanol–water partition coefficient (Wildman–Crippen LogP) is 5.45. The third-order valence-corrected chi connectivity index (χ3v) is 4.74. The molecule has 0 aliphatic heterocycles. The summed E-state index contributed by atoms with van der Waals surface area (Å²) in [5.74, 6) is 1.04. The Labute approximate surface area is 154 Å². The Kier molecular flexibility index (Phi) is 4.62. The molecule has 0 amide bonds. The number of rotatable bonds is 5. The highest BCUT2D eigenvalue weighted by atomic mass is 32.1. The fourth-order valence-electron chi connectivity index (χ4n) is 2.48. The molecule has 5 heteroatoms. The normalized spacial score (nSPS) is 10.6. The highest BCUT2D eigenvalue weighted by Crippen LogP contribution is 2.23. The summed E-state index contributed by atoms with van der Waals surface area (Å²) in [6, 6.07) is 24.2. The van der Waals surface area contributed by atoms with E-state index < -0.39 is 0 Å². The first-order valence-electron chi connectivity index (χ1n) is 8.12. The largest absolute Gasteiger partial charge is 0.457 e. The number of fused-ring (bicyclic) bond motifs is 1. The van der Waals surface area contributed by atoms with Crippen molar-refractivity contribution in [3.05, 3.63) is 89.4 Å². The molecule has 4 aromatic rings. The highest BCUT2D eigenvalue weighted by molar-refractivity contribution is 7.18. The Balaban J connectivity index is 1.38. The van der Waals surface area contributed by atoms with E-state index >= 15 is 0 Å². The summed E-state index contributed by atoms with van der Waals surface area (Å²) >= 11 is 1.53. The van der Waals surface area contributed by atoms with Gasteiger partial charge in [-0.05, 0) is 48.5 Å². The van der Waals surface area contributed by atoms with Crippen molar-refractivity contribution in [2.24, 2.45) is 0 Å². The zero-order valence-corrected chi connectivity index (χ0v) is 14.6. The number of benzene rings is 3. The summed E-state index contributed by atoms with van der Waals surface area (Å²) in [6.07, 6.45) is 0. The fourth-order valence-corrected chi connectivity index (χ4v) is 3.36. The Morgan fingerprint density at radius 1 is 0.846 bits per heavy atom. The molecule has 0 unspecified atom stereocenters. The lowest BCUT2D eigenvalue weighted by molar-refractivity contribution is 0.0472. The summed E-state index contributed by atoms with van der Waals surface area (Å²) in [5, 5.41) is 0.781. The molecule has 4 nitrogen and oxygen atoms in total. The van der Waals surface area contributed by atoms with E-state index in [1.54, 1.807) is 24.3 Å². The molecule has 4 rings (SSSR count). The fraction of sp³-hybridized carbons (Fsp3) is 0.0476. The molecule has 26 heavy (non-hydrogen) atoms. The van der Waals surface area contributed by atoms with Crippen LogP contribution in [0, 0.1) is 0 Å². The molecular weight excluding hydrogens is 346 g/mol. The van der Waals surface area contributed by atoms with Gasteiger partial charge in [0.15, 0.2) is 0 Å². The number of para-hydroxylation sites is 2. The van der Waals surface area contributed by atoms with Gasteiger partial charge in [-0.2, -0.15) is 0 Å². The quantitative estimate of drug-likeness (QED) is 0.444. The van der Waals surface area contributed by atoms with Crippen LogP contribution in [0.25, 0.3) is 10.2 Å². The maximum Gasteiger partial charge on any atom is 0.338 e. The smallest absolute Gasteiger partial charge is 0.338 e. The number of hydrogen-bond donors (Lipinski definition) is 0. The van der Waals surface area contributed by atoms with Gasteiger partial charge in [0.1, 0.15) is 23.1 Å². The van der Waals surface area contributed by atoms with Gasteiger partial charge in [-0.25, -0.2) is 9.78 Å². The molecule has 0 saturated heterocycles. The van der Waals surface area contributed by atoms with Crippen molar-refractivity contribution in [1.82, 2.24) is 4.98 Å². The van der Waals surface area contributed by atoms with Crippen LogP contribution in [-0.2, 0) is 11.3 Å². The lowest BCUT2D eigenvalue weighted by Crippen LogP contribution is -2.04. The van der Waals surface area contributed by atoms with E-state index in [-0.39, 0.29) is 12.6 Å². The Hall–Kier alpha value is -3.18. The second-order valence-corrected chi connectivity index (χ2v) is 6.71. The van der Waals surface area contributed by atoms with Gasteiger partial charge in [0.05, 0.1) is 15.8 Å². The third-order valence-electron chi connectivity index (χ3n) is 3.73. The summed E-state index contributed by atoms with van der Waals surface area (Å²) in [6.45, 7) is 0.167. The lowest BCUT2D eigenvalue weighted by Gasteiger charge is -2.06. The van der Waals surface area contributed by atoms with Crippen LogP contribution in [0.4, 0.5) is 0 Å². The summed E-state index contributed by atoms with van der Waals surface area (Å²) in [4.78, 5) is 16.7. The minimum absolute atomic E-state index is 0.167. The standard InChI is InChI=1S/C21H15NO3S/c23-21(24-14-20-22-18-8-4-5-9-19(18)26-20)15-10-12-17(13-11-15)25-16-6-2-1-3-7-16/h1-13H,14H2. The van der Waals surface area contributed by atoms with Crippen molar-refractivity contribution >= 4 is 27.5 Å². The number of thiazole rings is 1. The van der Waals surface area contributed by atoms with Crippen molar-refractivity contribution in [1.29, 1.82) is 0 Å². The first-order chi connectivity index (χ1) is 12.8. The first-order valence-corrected chi connectivity index (χ1v) is 8.94. The van der Waals surface area contributed by atoms with Crippen LogP contribution in [0.2, 0.25) is 0 Å². The molecular formula is C21H15NO3S. The van der Waals surface area contributed by atoms with E-state index in [9.17, 15) is 4.79 Å². The molecule has 0 spiro atoms. The Bertz CT molecular complexity index is 993. The minimum Gasteiger partial charge on any atom is -0.457 e. The van der Waals surface area contributed by atoms with Gasteiger partial charge in [0, 0.05) is 0 Å². The number of hydrogen-bond acceptors (Lipinski definition) is 5. The number of nitrogens with zero attached hydrogens (tertiary/aromatic N) is 1. The maximum atomic E-state index is 12.2. The van der Waals surface area contributed by atoms with E-state index in [4.69, 9.17) is 9.47 Å². The number of carbonyl (C=O) groups is 1. The van der Waals surface area contributed by atoms with E-state index in [1.165, 1.54) is 11.3 Å². The molecule has 128 valence electrons. The van der Waals surface area contributed by atoms with E-state index in [2.05, 4.69) is 4.98 Å². The summed E-state index contributed by atoms with van der Waals surface area (Å²) in [5.41, 5.74) is 1.40. The van der Waals surface area contributed by atoms with Gasteiger partial charge in [0.25, 0.3) is 0 Å². The van der Waals surface area contributed by atoms with Crippen molar-refractivity contribution in [3.8, 4) is 11.5 Å². The van der Waals surface area contributed by atoms with Crippen LogP contribution < -0.4 is 4.74 Å². The number of ether oxygens (including phenoxy) is 2. The first kappa shape index (κ1) is 16.3. The van der Waals surface area contributed by atoms with Crippen LogP contribution in [0.3, 0.4) is 0 Å². The van der Waals surface area contributed by atoms with Gasteiger partial charge in [0.2, 0.25) is 0 Å².